The molecule has 0 spiro atoms. The van der Waals surface area contributed by atoms with Crippen LogP contribution >= 0.6 is 0 Å². The standard InChI is InChI=1S/C22H24N2O6S/c1-3-6-14-9-10-16-20-19(22(27)28)15(12-25)17(11-23(16)21(14)26)24(20)31(29,30)18-8-5-4-7-13(18)2/h3-10,15,17,19-20,25H,11-12H2,1-2H3,(H,27,28)/b6-3+/t15-,17-,19+,20+/m0/s1. The number of aliphatic hydroxyl groups excluding tert-OH is 1. The summed E-state index contributed by atoms with van der Waals surface area (Å²) in [4.78, 5) is 25.3. The molecule has 8 nitrogen and oxygen atoms in total. The predicted octanol–water partition coefficient (Wildman–Crippen LogP) is 1.63. The van der Waals surface area contributed by atoms with Crippen LogP contribution < -0.4 is 5.56 Å². The molecule has 4 atom stereocenters. The molecule has 0 radical (unpaired) electrons. The zero-order valence-corrected chi connectivity index (χ0v) is 18.0. The molecule has 1 aromatic carbocycles. The lowest BCUT2D eigenvalue weighted by molar-refractivity contribution is -0.144. The number of carboxylic acid groups (broad SMARTS) is 1. The first-order chi connectivity index (χ1) is 14.7. The number of aryl methyl sites for hydroxylation is 1. The first-order valence-corrected chi connectivity index (χ1v) is 11.5. The quantitative estimate of drug-likeness (QED) is 0.724. The van der Waals surface area contributed by atoms with E-state index in [1.807, 2.05) is 0 Å². The van der Waals surface area contributed by atoms with Crippen LogP contribution in [0.4, 0.5) is 0 Å². The van der Waals surface area contributed by atoms with Crippen LogP contribution in [0.5, 0.6) is 0 Å². The Morgan fingerprint density at radius 3 is 2.55 bits per heavy atom. The van der Waals surface area contributed by atoms with Crippen LogP contribution in [0.3, 0.4) is 0 Å². The van der Waals surface area contributed by atoms with Gasteiger partial charge in [0.25, 0.3) is 5.56 Å². The van der Waals surface area contributed by atoms with Gasteiger partial charge >= 0.3 is 5.97 Å². The van der Waals surface area contributed by atoms with Crippen LogP contribution in [0, 0.1) is 18.8 Å². The Morgan fingerprint density at radius 1 is 1.23 bits per heavy atom. The third kappa shape index (κ3) is 3.15. The highest BCUT2D eigenvalue weighted by Gasteiger charge is 2.60. The van der Waals surface area contributed by atoms with Gasteiger partial charge in [0.15, 0.2) is 0 Å². The topological polar surface area (TPSA) is 117 Å². The number of carboxylic acids is 1. The van der Waals surface area contributed by atoms with Crippen LogP contribution in [-0.2, 0) is 21.4 Å². The lowest BCUT2D eigenvalue weighted by atomic mass is 9.87. The van der Waals surface area contributed by atoms with Crippen LogP contribution in [0.25, 0.3) is 6.08 Å². The van der Waals surface area contributed by atoms with E-state index in [4.69, 9.17) is 0 Å². The van der Waals surface area contributed by atoms with E-state index in [2.05, 4.69) is 0 Å². The minimum atomic E-state index is -4.08. The molecule has 0 aliphatic carbocycles. The van der Waals surface area contributed by atoms with Gasteiger partial charge in [-0.2, -0.15) is 4.31 Å². The van der Waals surface area contributed by atoms with E-state index in [9.17, 15) is 28.2 Å². The number of benzene rings is 1. The van der Waals surface area contributed by atoms with Crippen molar-refractivity contribution in [3.05, 3.63) is 69.6 Å². The molecule has 1 aromatic heterocycles. The molecule has 164 valence electrons. The number of aliphatic hydroxyl groups is 1. The molecular weight excluding hydrogens is 420 g/mol. The molecule has 1 fully saturated rings. The molecule has 2 aliphatic heterocycles. The minimum Gasteiger partial charge on any atom is -0.481 e. The molecule has 2 bridgehead atoms. The summed E-state index contributed by atoms with van der Waals surface area (Å²) in [5, 5.41) is 20.0. The Hall–Kier alpha value is -2.75. The Balaban J connectivity index is 1.97. The van der Waals surface area contributed by atoms with Gasteiger partial charge in [0.1, 0.15) is 0 Å². The van der Waals surface area contributed by atoms with Gasteiger partial charge in [0, 0.05) is 36.4 Å². The summed E-state index contributed by atoms with van der Waals surface area (Å²) in [6, 6.07) is 7.77. The maximum atomic E-state index is 13.7. The summed E-state index contributed by atoms with van der Waals surface area (Å²) >= 11 is 0. The Kier molecular flexibility index (Phi) is 5.36. The zero-order valence-electron chi connectivity index (χ0n) is 17.2. The molecule has 9 heteroatoms. The molecule has 31 heavy (non-hydrogen) atoms. The van der Waals surface area contributed by atoms with Gasteiger partial charge in [-0.1, -0.05) is 30.4 Å². The minimum absolute atomic E-state index is 0.0177. The number of sulfonamides is 1. The molecular formula is C22H24N2O6S. The predicted molar refractivity (Wildman–Crippen MR) is 114 cm³/mol. The number of rotatable bonds is 5. The van der Waals surface area contributed by atoms with E-state index in [1.165, 1.54) is 14.9 Å². The molecule has 2 N–H and O–H groups in total. The van der Waals surface area contributed by atoms with E-state index in [1.54, 1.807) is 56.3 Å². The van der Waals surface area contributed by atoms with Gasteiger partial charge in [0.05, 0.1) is 16.9 Å². The van der Waals surface area contributed by atoms with Crippen LogP contribution in [0.2, 0.25) is 0 Å². The number of aromatic nitrogens is 1. The zero-order chi connectivity index (χ0) is 22.5. The van der Waals surface area contributed by atoms with Crippen molar-refractivity contribution in [2.24, 2.45) is 11.8 Å². The molecule has 0 saturated carbocycles. The molecule has 0 amide bonds. The highest BCUT2D eigenvalue weighted by molar-refractivity contribution is 7.89. The van der Waals surface area contributed by atoms with Crippen molar-refractivity contribution in [3.8, 4) is 0 Å². The number of allylic oxidation sites excluding steroid dienone is 1. The van der Waals surface area contributed by atoms with E-state index in [0.717, 1.165) is 0 Å². The highest BCUT2D eigenvalue weighted by Crippen LogP contribution is 2.51. The van der Waals surface area contributed by atoms with Gasteiger partial charge in [-0.3, -0.25) is 9.59 Å². The van der Waals surface area contributed by atoms with Crippen molar-refractivity contribution < 1.29 is 23.4 Å². The first kappa shape index (κ1) is 21.5. The summed E-state index contributed by atoms with van der Waals surface area (Å²) in [5.74, 6) is -3.21. The lowest BCUT2D eigenvalue weighted by Crippen LogP contribution is -2.49. The SMILES string of the molecule is C/C=C/c1ccc2n(c1=O)C[C@H]1[C@H](CO)[C@@H](C(=O)O)[C@@H]2N1S(=O)(=O)c1ccccc1C. The van der Waals surface area contributed by atoms with E-state index in [-0.39, 0.29) is 17.0 Å². The Morgan fingerprint density at radius 2 is 1.94 bits per heavy atom. The monoisotopic (exact) mass is 444 g/mol. The highest BCUT2D eigenvalue weighted by atomic mass is 32.2. The van der Waals surface area contributed by atoms with Crippen molar-refractivity contribution in [2.45, 2.75) is 37.4 Å². The maximum absolute atomic E-state index is 13.7. The number of pyridine rings is 1. The summed E-state index contributed by atoms with van der Waals surface area (Å²) in [6.07, 6.45) is 3.39. The number of carbonyl (C=O) groups is 1. The van der Waals surface area contributed by atoms with Crippen LogP contribution in [-0.4, -0.2) is 46.1 Å². The normalized spacial score (nSPS) is 25.6. The summed E-state index contributed by atoms with van der Waals surface area (Å²) < 4.78 is 30.1. The summed E-state index contributed by atoms with van der Waals surface area (Å²) in [5.41, 5.74) is 1.00. The number of hydrogen-bond acceptors (Lipinski definition) is 5. The smallest absolute Gasteiger partial charge is 0.308 e. The first-order valence-electron chi connectivity index (χ1n) is 10.0. The largest absolute Gasteiger partial charge is 0.481 e. The molecule has 2 aliphatic rings. The van der Waals surface area contributed by atoms with Gasteiger partial charge in [-0.25, -0.2) is 8.42 Å². The van der Waals surface area contributed by atoms with E-state index in [0.29, 0.717) is 16.8 Å². The van der Waals surface area contributed by atoms with Crippen LogP contribution in [0.15, 0.2) is 52.2 Å². The fraction of sp³-hybridized carbons (Fsp3) is 0.364. The average molecular weight is 445 g/mol. The van der Waals surface area contributed by atoms with Crippen molar-refractivity contribution in [2.75, 3.05) is 6.61 Å². The van der Waals surface area contributed by atoms with E-state index >= 15 is 0 Å². The van der Waals surface area contributed by atoms with Crippen LogP contribution in [0.1, 0.15) is 29.8 Å². The summed E-state index contributed by atoms with van der Waals surface area (Å²) in [6.45, 7) is 2.95. The number of nitrogens with zero attached hydrogens (tertiary/aromatic N) is 2. The van der Waals surface area contributed by atoms with Crippen molar-refractivity contribution in [3.63, 3.8) is 0 Å². The van der Waals surface area contributed by atoms with Crippen molar-refractivity contribution >= 4 is 22.1 Å². The second kappa shape index (κ2) is 7.74. The average Bonchev–Trinajstić information content (AvgIpc) is 2.99. The van der Waals surface area contributed by atoms with Crippen molar-refractivity contribution in [1.29, 1.82) is 0 Å². The third-order valence-electron chi connectivity index (χ3n) is 6.30. The maximum Gasteiger partial charge on any atom is 0.308 e. The number of aliphatic carboxylic acids is 1. The molecule has 0 unspecified atom stereocenters. The molecule has 4 rings (SSSR count). The van der Waals surface area contributed by atoms with Gasteiger partial charge in [0.2, 0.25) is 10.0 Å². The summed E-state index contributed by atoms with van der Waals surface area (Å²) in [7, 11) is -4.08. The lowest BCUT2D eigenvalue weighted by Gasteiger charge is -2.37. The van der Waals surface area contributed by atoms with E-state index < -0.39 is 46.5 Å². The fourth-order valence-electron chi connectivity index (χ4n) is 4.95. The van der Waals surface area contributed by atoms with Gasteiger partial charge < -0.3 is 14.8 Å². The molecule has 2 aromatic rings. The second-order valence-corrected chi connectivity index (χ2v) is 9.76. The number of hydrogen-bond donors (Lipinski definition) is 2. The Labute approximate surface area is 180 Å². The fourth-order valence-corrected chi connectivity index (χ4v) is 7.02. The van der Waals surface area contributed by atoms with Gasteiger partial charge in [-0.15, -0.1) is 0 Å². The second-order valence-electron chi connectivity index (χ2n) is 7.95. The van der Waals surface area contributed by atoms with Gasteiger partial charge in [-0.05, 0) is 37.6 Å². The molecule has 3 heterocycles. The van der Waals surface area contributed by atoms with Crippen molar-refractivity contribution in [1.82, 2.24) is 8.87 Å². The Bertz CT molecular complexity index is 1230. The number of fused-ring (bicyclic) bond motifs is 4. The molecule has 1 saturated heterocycles. The third-order valence-corrected chi connectivity index (χ3v) is 8.36.